The summed E-state index contributed by atoms with van der Waals surface area (Å²) in [5, 5.41) is 9.22. The Morgan fingerprint density at radius 3 is 2.41 bits per heavy atom. The second-order valence-electron chi connectivity index (χ2n) is 8.14. The second-order valence-corrected chi connectivity index (χ2v) is 8.14. The van der Waals surface area contributed by atoms with E-state index in [-0.39, 0.29) is 23.8 Å². The van der Waals surface area contributed by atoms with Crippen LogP contribution in [0.1, 0.15) is 43.9 Å². The van der Waals surface area contributed by atoms with Crippen molar-refractivity contribution in [3.8, 4) is 0 Å². The molecule has 1 aliphatic rings. The van der Waals surface area contributed by atoms with Gasteiger partial charge in [-0.3, -0.25) is 9.59 Å². The Bertz CT molecular complexity index is 845. The molecule has 0 aromatic heterocycles. The minimum atomic E-state index is -0.563. The van der Waals surface area contributed by atoms with Crippen LogP contribution in [0.5, 0.6) is 0 Å². The molecule has 0 saturated heterocycles. The van der Waals surface area contributed by atoms with Crippen LogP contribution < -0.4 is 16.0 Å². The van der Waals surface area contributed by atoms with Gasteiger partial charge in [-0.15, -0.1) is 0 Å². The molecule has 1 heterocycles. The van der Waals surface area contributed by atoms with E-state index in [9.17, 15) is 9.59 Å². The fraction of sp³-hybridized carbons (Fsp3) is 0.417. The van der Waals surface area contributed by atoms with E-state index in [4.69, 9.17) is 0 Å². The fourth-order valence-electron chi connectivity index (χ4n) is 3.67. The molecule has 0 spiro atoms. The number of anilines is 1. The van der Waals surface area contributed by atoms with Gasteiger partial charge in [0.15, 0.2) is 0 Å². The Morgan fingerprint density at radius 1 is 1.07 bits per heavy atom. The average molecular weight is 394 g/mol. The Kier molecular flexibility index (Phi) is 7.04. The molecule has 0 saturated carbocycles. The van der Waals surface area contributed by atoms with Crippen molar-refractivity contribution in [3.63, 3.8) is 0 Å². The molecule has 0 fully saturated rings. The third kappa shape index (κ3) is 5.67. The highest BCUT2D eigenvalue weighted by molar-refractivity contribution is 5.98. The van der Waals surface area contributed by atoms with Crippen LogP contribution in [0.25, 0.3) is 0 Å². The van der Waals surface area contributed by atoms with Crippen molar-refractivity contribution in [2.24, 2.45) is 5.92 Å². The lowest BCUT2D eigenvalue weighted by Crippen LogP contribution is -2.53. The van der Waals surface area contributed by atoms with Gasteiger partial charge in [-0.2, -0.15) is 0 Å². The van der Waals surface area contributed by atoms with Gasteiger partial charge in [-0.1, -0.05) is 57.2 Å². The second kappa shape index (κ2) is 9.70. The van der Waals surface area contributed by atoms with Gasteiger partial charge in [-0.25, -0.2) is 0 Å². The maximum Gasteiger partial charge on any atom is 0.246 e. The van der Waals surface area contributed by atoms with E-state index in [0.29, 0.717) is 19.4 Å². The molecule has 29 heavy (non-hydrogen) atoms. The highest BCUT2D eigenvalue weighted by atomic mass is 16.2. The fourth-order valence-corrected chi connectivity index (χ4v) is 3.67. The lowest BCUT2D eigenvalue weighted by atomic mass is 9.95. The number of hydrogen-bond donors (Lipinski definition) is 3. The summed E-state index contributed by atoms with van der Waals surface area (Å²) in [6.07, 6.45) is 2.18. The normalized spacial score (nSPS) is 16.8. The first-order valence-electron chi connectivity index (χ1n) is 10.5. The third-order valence-corrected chi connectivity index (χ3v) is 5.37. The summed E-state index contributed by atoms with van der Waals surface area (Å²) in [5.74, 6) is -0.0114. The highest BCUT2D eigenvalue weighted by Crippen LogP contribution is 2.17. The zero-order valence-electron chi connectivity index (χ0n) is 17.5. The number of amides is 2. The summed E-state index contributed by atoms with van der Waals surface area (Å²) in [4.78, 5) is 25.8. The van der Waals surface area contributed by atoms with Gasteiger partial charge in [0, 0.05) is 12.2 Å². The van der Waals surface area contributed by atoms with Gasteiger partial charge in [0.2, 0.25) is 11.8 Å². The molecule has 2 aromatic rings. The van der Waals surface area contributed by atoms with Gasteiger partial charge < -0.3 is 16.0 Å². The number of rotatable bonds is 7. The van der Waals surface area contributed by atoms with Gasteiger partial charge in [0.1, 0.15) is 6.04 Å². The number of carbonyl (C=O) groups excluding carboxylic acids is 2. The molecule has 0 radical (unpaired) electrons. The first-order valence-corrected chi connectivity index (χ1v) is 10.5. The lowest BCUT2D eigenvalue weighted by Gasteiger charge is -2.28. The molecule has 0 aliphatic carbocycles. The first-order chi connectivity index (χ1) is 14.0. The Balaban J connectivity index is 1.64. The van der Waals surface area contributed by atoms with Crippen molar-refractivity contribution in [1.82, 2.24) is 10.6 Å². The zero-order valence-corrected chi connectivity index (χ0v) is 17.5. The Labute approximate surface area is 173 Å². The van der Waals surface area contributed by atoms with Crippen LogP contribution >= 0.6 is 0 Å². The quantitative estimate of drug-likeness (QED) is 0.675. The van der Waals surface area contributed by atoms with Gasteiger partial charge in [0.25, 0.3) is 0 Å². The van der Waals surface area contributed by atoms with Gasteiger partial charge in [-0.05, 0) is 54.0 Å². The van der Waals surface area contributed by atoms with Crippen molar-refractivity contribution >= 4 is 17.5 Å². The van der Waals surface area contributed by atoms with Crippen molar-refractivity contribution in [3.05, 3.63) is 65.2 Å². The molecule has 2 unspecified atom stereocenters. The van der Waals surface area contributed by atoms with Crippen LogP contribution in [0.4, 0.5) is 5.69 Å². The van der Waals surface area contributed by atoms with Crippen LogP contribution in [0.15, 0.2) is 48.5 Å². The smallest absolute Gasteiger partial charge is 0.246 e. The van der Waals surface area contributed by atoms with Crippen molar-refractivity contribution in [1.29, 1.82) is 0 Å². The standard InChI is InChI=1S/C24H31N3O2/c1-4-17-9-11-20(12-10-17)26-24(29)22(13-16(2)3)27-23(28)21-14-18-7-5-6-8-19(18)15-25-21/h5-12,16,21-22,25H,4,13-15H2,1-3H3,(H,26,29)(H,27,28). The zero-order chi connectivity index (χ0) is 20.8. The van der Waals surface area contributed by atoms with Crippen LogP contribution in [0, 0.1) is 5.92 Å². The maximum atomic E-state index is 12.9. The van der Waals surface area contributed by atoms with Gasteiger partial charge >= 0.3 is 0 Å². The predicted molar refractivity (Wildman–Crippen MR) is 117 cm³/mol. The van der Waals surface area contributed by atoms with E-state index < -0.39 is 6.04 Å². The van der Waals surface area contributed by atoms with Crippen molar-refractivity contribution < 1.29 is 9.59 Å². The highest BCUT2D eigenvalue weighted by Gasteiger charge is 2.28. The Hall–Kier alpha value is -2.66. The molecule has 5 nitrogen and oxygen atoms in total. The van der Waals surface area contributed by atoms with Crippen molar-refractivity contribution in [2.75, 3.05) is 5.32 Å². The summed E-state index contributed by atoms with van der Waals surface area (Å²) < 4.78 is 0. The summed E-state index contributed by atoms with van der Waals surface area (Å²) in [7, 11) is 0. The van der Waals surface area contributed by atoms with E-state index >= 15 is 0 Å². The molecule has 3 rings (SSSR count). The summed E-state index contributed by atoms with van der Waals surface area (Å²) in [5.41, 5.74) is 4.38. The minimum absolute atomic E-state index is 0.123. The molecule has 2 aromatic carbocycles. The SMILES string of the molecule is CCc1ccc(NC(=O)C(CC(C)C)NC(=O)C2Cc3ccccc3CN2)cc1. The number of fused-ring (bicyclic) bond motifs is 1. The maximum absolute atomic E-state index is 12.9. The lowest BCUT2D eigenvalue weighted by molar-refractivity contribution is -0.128. The molecule has 1 aliphatic heterocycles. The van der Waals surface area contributed by atoms with E-state index in [1.807, 2.05) is 36.4 Å². The summed E-state index contributed by atoms with van der Waals surface area (Å²) in [6, 6.07) is 15.1. The minimum Gasteiger partial charge on any atom is -0.343 e. The van der Waals surface area contributed by atoms with E-state index in [2.05, 4.69) is 48.9 Å². The van der Waals surface area contributed by atoms with E-state index in [0.717, 1.165) is 12.1 Å². The van der Waals surface area contributed by atoms with Crippen LogP contribution in [-0.4, -0.2) is 23.9 Å². The monoisotopic (exact) mass is 393 g/mol. The molecular formula is C24H31N3O2. The number of carbonyl (C=O) groups is 2. The molecule has 2 atom stereocenters. The topological polar surface area (TPSA) is 70.2 Å². The molecule has 5 heteroatoms. The molecular weight excluding hydrogens is 362 g/mol. The van der Waals surface area contributed by atoms with Crippen LogP contribution in [-0.2, 0) is 29.0 Å². The number of hydrogen-bond acceptors (Lipinski definition) is 3. The van der Waals surface area contributed by atoms with Crippen LogP contribution in [0.3, 0.4) is 0 Å². The van der Waals surface area contributed by atoms with Gasteiger partial charge in [0.05, 0.1) is 6.04 Å². The summed E-state index contributed by atoms with van der Waals surface area (Å²) >= 11 is 0. The largest absolute Gasteiger partial charge is 0.343 e. The Morgan fingerprint density at radius 2 is 1.76 bits per heavy atom. The van der Waals surface area contributed by atoms with E-state index in [1.54, 1.807) is 0 Å². The van der Waals surface area contributed by atoms with Crippen LogP contribution in [0.2, 0.25) is 0 Å². The molecule has 0 bridgehead atoms. The predicted octanol–water partition coefficient (Wildman–Crippen LogP) is 3.43. The molecule has 154 valence electrons. The third-order valence-electron chi connectivity index (χ3n) is 5.37. The number of nitrogens with one attached hydrogen (secondary N) is 3. The number of aryl methyl sites for hydroxylation is 1. The van der Waals surface area contributed by atoms with Crippen molar-refractivity contribution in [2.45, 2.75) is 58.7 Å². The average Bonchev–Trinajstić information content (AvgIpc) is 2.73. The van der Waals surface area contributed by atoms with E-state index in [1.165, 1.54) is 16.7 Å². The number of benzene rings is 2. The molecule has 3 N–H and O–H groups in total. The molecule has 2 amide bonds. The first kappa shape index (κ1) is 21.1. The summed E-state index contributed by atoms with van der Waals surface area (Å²) in [6.45, 7) is 6.87.